The molecule has 1 aliphatic rings. The monoisotopic (exact) mass is 457 g/mol. The summed E-state index contributed by atoms with van der Waals surface area (Å²) in [6, 6.07) is 7.86. The van der Waals surface area contributed by atoms with Crippen LogP contribution in [0.3, 0.4) is 0 Å². The van der Waals surface area contributed by atoms with E-state index in [0.717, 1.165) is 6.26 Å². The zero-order valence-electron chi connectivity index (χ0n) is 17.2. The smallest absolute Gasteiger partial charge is 0.250 e. The van der Waals surface area contributed by atoms with Gasteiger partial charge in [0.25, 0.3) is 5.91 Å². The first kappa shape index (κ1) is 21.6. The van der Waals surface area contributed by atoms with Crippen LogP contribution in [0.1, 0.15) is 31.4 Å². The second-order valence-corrected chi connectivity index (χ2v) is 9.54. The summed E-state index contributed by atoms with van der Waals surface area (Å²) >= 11 is 0. The quantitative estimate of drug-likeness (QED) is 0.346. The van der Waals surface area contributed by atoms with E-state index in [9.17, 15) is 27.6 Å². The third-order valence-corrected chi connectivity index (χ3v) is 6.45. The van der Waals surface area contributed by atoms with Gasteiger partial charge in [-0.3, -0.25) is 19.7 Å². The fourth-order valence-corrected chi connectivity index (χ4v) is 4.82. The number of rotatable bonds is 5. The summed E-state index contributed by atoms with van der Waals surface area (Å²) in [7, 11) is -4.00. The SMILES string of the molecule is CC(C=O)C(=O)N(c1ccc2c(ccc3onc(C4CCC(=O)NC4=O)c32)c1)S(C)(=O)=O. The first-order valence-corrected chi connectivity index (χ1v) is 11.6. The number of piperidine rings is 1. The Kier molecular flexibility index (Phi) is 5.29. The molecule has 11 heteroatoms. The van der Waals surface area contributed by atoms with Crippen molar-refractivity contribution in [2.75, 3.05) is 10.6 Å². The summed E-state index contributed by atoms with van der Waals surface area (Å²) in [5.74, 6) is -3.47. The molecule has 3 amide bonds. The van der Waals surface area contributed by atoms with E-state index in [2.05, 4.69) is 10.5 Å². The normalized spacial score (nSPS) is 17.9. The average Bonchev–Trinajstić information content (AvgIpc) is 3.16. The number of aromatic nitrogens is 1. The molecular formula is C21H19N3O7S. The Bertz CT molecular complexity index is 1390. The van der Waals surface area contributed by atoms with Crippen LogP contribution >= 0.6 is 0 Å². The molecule has 1 saturated heterocycles. The minimum absolute atomic E-state index is 0.0806. The number of aldehydes is 1. The number of hydrogen-bond acceptors (Lipinski definition) is 8. The second kappa shape index (κ2) is 7.83. The largest absolute Gasteiger partial charge is 0.356 e. The van der Waals surface area contributed by atoms with Gasteiger partial charge in [0, 0.05) is 6.42 Å². The molecule has 32 heavy (non-hydrogen) atoms. The molecule has 0 aliphatic carbocycles. The van der Waals surface area contributed by atoms with Gasteiger partial charge < -0.3 is 9.32 Å². The van der Waals surface area contributed by atoms with Gasteiger partial charge in [0.1, 0.15) is 12.0 Å². The van der Waals surface area contributed by atoms with Gasteiger partial charge in [-0.25, -0.2) is 12.7 Å². The first-order valence-electron chi connectivity index (χ1n) is 9.77. The topological polar surface area (TPSA) is 144 Å². The summed E-state index contributed by atoms with van der Waals surface area (Å²) in [4.78, 5) is 47.5. The highest BCUT2D eigenvalue weighted by Crippen LogP contribution is 2.36. The Hall–Kier alpha value is -3.60. The lowest BCUT2D eigenvalue weighted by atomic mass is 9.91. The van der Waals surface area contributed by atoms with Crippen LogP contribution in [0, 0.1) is 5.92 Å². The number of nitrogens with zero attached hydrogens (tertiary/aromatic N) is 2. The van der Waals surface area contributed by atoms with E-state index < -0.39 is 33.7 Å². The zero-order chi connectivity index (χ0) is 23.2. The van der Waals surface area contributed by atoms with E-state index >= 15 is 0 Å². The highest BCUT2D eigenvalue weighted by atomic mass is 32.2. The van der Waals surface area contributed by atoms with Gasteiger partial charge in [-0.1, -0.05) is 17.3 Å². The third kappa shape index (κ3) is 3.64. The maximum atomic E-state index is 12.6. The predicted molar refractivity (Wildman–Crippen MR) is 114 cm³/mol. The Morgan fingerprint density at radius 2 is 2.03 bits per heavy atom. The van der Waals surface area contributed by atoms with Crippen LogP contribution in [0.15, 0.2) is 34.9 Å². The molecule has 0 saturated carbocycles. The highest BCUT2D eigenvalue weighted by molar-refractivity contribution is 7.92. The summed E-state index contributed by atoms with van der Waals surface area (Å²) < 4.78 is 30.6. The molecule has 1 fully saturated rings. The lowest BCUT2D eigenvalue weighted by Gasteiger charge is -2.22. The van der Waals surface area contributed by atoms with Crippen molar-refractivity contribution >= 4 is 61.5 Å². The van der Waals surface area contributed by atoms with Crippen molar-refractivity contribution in [2.24, 2.45) is 5.92 Å². The Balaban J connectivity index is 1.86. The van der Waals surface area contributed by atoms with Gasteiger partial charge in [-0.05, 0) is 42.3 Å². The fourth-order valence-electron chi connectivity index (χ4n) is 3.83. The molecule has 4 rings (SSSR count). The van der Waals surface area contributed by atoms with Crippen LogP contribution < -0.4 is 9.62 Å². The number of carbonyl (C=O) groups is 4. The van der Waals surface area contributed by atoms with Gasteiger partial charge in [0.05, 0.1) is 29.2 Å². The van der Waals surface area contributed by atoms with Gasteiger partial charge in [0.15, 0.2) is 5.58 Å². The van der Waals surface area contributed by atoms with Crippen molar-refractivity contribution in [1.29, 1.82) is 0 Å². The maximum absolute atomic E-state index is 12.6. The molecule has 1 aliphatic heterocycles. The molecule has 1 N–H and O–H groups in total. The average molecular weight is 457 g/mol. The Morgan fingerprint density at radius 3 is 2.69 bits per heavy atom. The third-order valence-electron chi connectivity index (χ3n) is 5.39. The first-order chi connectivity index (χ1) is 15.1. The van der Waals surface area contributed by atoms with Crippen LogP contribution in [-0.4, -0.2) is 43.8 Å². The fraction of sp³-hybridized carbons (Fsp3) is 0.286. The molecule has 10 nitrogen and oxygen atoms in total. The Labute approximate surface area is 182 Å². The molecule has 2 unspecified atom stereocenters. The summed E-state index contributed by atoms with van der Waals surface area (Å²) in [6.07, 6.45) is 1.74. The van der Waals surface area contributed by atoms with Crippen molar-refractivity contribution in [3.63, 3.8) is 0 Å². The van der Waals surface area contributed by atoms with Crippen LogP contribution in [0.25, 0.3) is 21.7 Å². The van der Waals surface area contributed by atoms with E-state index in [1.807, 2.05) is 0 Å². The van der Waals surface area contributed by atoms with Crippen molar-refractivity contribution in [1.82, 2.24) is 10.5 Å². The Morgan fingerprint density at radius 1 is 1.28 bits per heavy atom. The van der Waals surface area contributed by atoms with E-state index in [4.69, 9.17) is 4.52 Å². The van der Waals surface area contributed by atoms with Gasteiger partial charge in [-0.15, -0.1) is 0 Å². The second-order valence-electron chi connectivity index (χ2n) is 7.71. The number of sulfonamides is 1. The minimum Gasteiger partial charge on any atom is -0.356 e. The van der Waals surface area contributed by atoms with Gasteiger partial charge >= 0.3 is 0 Å². The van der Waals surface area contributed by atoms with Gasteiger partial charge in [-0.2, -0.15) is 0 Å². The van der Waals surface area contributed by atoms with E-state index in [0.29, 0.717) is 44.4 Å². The number of anilines is 1. The number of amides is 3. The van der Waals surface area contributed by atoms with Crippen molar-refractivity contribution in [3.8, 4) is 0 Å². The molecule has 2 aromatic carbocycles. The number of benzene rings is 2. The van der Waals surface area contributed by atoms with Crippen LogP contribution in [0.2, 0.25) is 0 Å². The summed E-state index contributed by atoms with van der Waals surface area (Å²) in [5, 5.41) is 8.14. The molecule has 2 atom stereocenters. The summed E-state index contributed by atoms with van der Waals surface area (Å²) in [5.41, 5.74) is 0.890. The summed E-state index contributed by atoms with van der Waals surface area (Å²) in [6.45, 7) is 1.32. The van der Waals surface area contributed by atoms with E-state index in [-0.39, 0.29) is 18.0 Å². The number of nitrogens with one attached hydrogen (secondary N) is 1. The molecule has 166 valence electrons. The van der Waals surface area contributed by atoms with Crippen LogP contribution in [0.4, 0.5) is 5.69 Å². The number of carbonyl (C=O) groups excluding carboxylic acids is 4. The van der Waals surface area contributed by atoms with Gasteiger partial charge in [0.2, 0.25) is 21.8 Å². The van der Waals surface area contributed by atoms with Crippen molar-refractivity contribution in [2.45, 2.75) is 25.7 Å². The minimum atomic E-state index is -4.00. The standard InChI is InChI=1S/C21H19N3O7S/c1-11(10-25)21(28)24(32(2,29)30)13-4-5-14-12(9-13)3-7-16-18(14)19(23-31-16)15-6-8-17(26)22-20(15)27/h3-5,7,9-11,15H,6,8H2,1-2H3,(H,22,26,27). The van der Waals surface area contributed by atoms with Crippen LogP contribution in [0.5, 0.6) is 0 Å². The van der Waals surface area contributed by atoms with Crippen molar-refractivity contribution in [3.05, 3.63) is 36.0 Å². The molecule has 0 spiro atoms. The molecule has 1 aromatic heterocycles. The number of hydrogen-bond donors (Lipinski definition) is 1. The number of imide groups is 1. The molecule has 2 heterocycles. The predicted octanol–water partition coefficient (Wildman–Crippen LogP) is 1.63. The number of fused-ring (bicyclic) bond motifs is 3. The van der Waals surface area contributed by atoms with Crippen molar-refractivity contribution < 1.29 is 32.1 Å². The lowest BCUT2D eigenvalue weighted by Crippen LogP contribution is -2.40. The van der Waals surface area contributed by atoms with Crippen LogP contribution in [-0.2, 0) is 29.2 Å². The van der Waals surface area contributed by atoms with E-state index in [1.165, 1.54) is 19.1 Å². The highest BCUT2D eigenvalue weighted by Gasteiger charge is 2.33. The zero-order valence-corrected chi connectivity index (χ0v) is 18.0. The van der Waals surface area contributed by atoms with E-state index in [1.54, 1.807) is 18.2 Å². The molecule has 0 radical (unpaired) electrons. The lowest BCUT2D eigenvalue weighted by molar-refractivity contribution is -0.134. The molecular weight excluding hydrogens is 438 g/mol. The maximum Gasteiger partial charge on any atom is 0.250 e. The molecule has 0 bridgehead atoms. The molecule has 3 aromatic rings.